The molecule has 0 heterocycles. The summed E-state index contributed by atoms with van der Waals surface area (Å²) in [7, 11) is 0. The Balaban J connectivity index is 2.89. The Morgan fingerprint density at radius 3 is 2.20 bits per heavy atom. The smallest absolute Gasteiger partial charge is 0.336 e. The van der Waals surface area contributed by atoms with Gasteiger partial charge in [0, 0.05) is 24.0 Å². The van der Waals surface area contributed by atoms with Crippen molar-refractivity contribution in [3.63, 3.8) is 0 Å². The van der Waals surface area contributed by atoms with Crippen LogP contribution in [0.25, 0.3) is 0 Å². The van der Waals surface area contributed by atoms with Crippen molar-refractivity contribution >= 4 is 17.5 Å². The number of carbonyl (C=O) groups excluding carboxylic acids is 1. The first-order chi connectivity index (χ1) is 9.27. The second-order valence-electron chi connectivity index (χ2n) is 4.71. The summed E-state index contributed by atoms with van der Waals surface area (Å²) in [5.74, 6) is 0.155. The Labute approximate surface area is 121 Å². The minimum Gasteiger partial charge on any atom is -0.336 e. The average molecular weight is 308 g/mol. The summed E-state index contributed by atoms with van der Waals surface area (Å²) in [5.41, 5.74) is -0.507. The molecule has 1 rings (SSSR count). The molecule has 0 radical (unpaired) electrons. The molecule has 0 saturated carbocycles. The lowest BCUT2D eigenvalue weighted by atomic mass is 10.1. The average Bonchev–Trinajstić information content (AvgIpc) is 2.37. The summed E-state index contributed by atoms with van der Waals surface area (Å²) in [6.07, 6.45) is -3.75. The molecule has 0 spiro atoms. The second-order valence-corrected chi connectivity index (χ2v) is 5.09. The highest BCUT2D eigenvalue weighted by molar-refractivity contribution is 6.17. The van der Waals surface area contributed by atoms with E-state index in [-0.39, 0.29) is 17.5 Å². The fourth-order valence-electron chi connectivity index (χ4n) is 1.79. The minimum absolute atomic E-state index is 0.0343. The van der Waals surface area contributed by atoms with Crippen molar-refractivity contribution in [2.45, 2.75) is 32.5 Å². The molecule has 1 amide bonds. The van der Waals surface area contributed by atoms with E-state index in [0.29, 0.717) is 18.8 Å². The number of benzene rings is 1. The highest BCUT2D eigenvalue weighted by Gasteiger charge is 2.30. The van der Waals surface area contributed by atoms with Crippen LogP contribution in [0, 0.1) is 0 Å². The van der Waals surface area contributed by atoms with Crippen molar-refractivity contribution in [3.8, 4) is 0 Å². The highest BCUT2D eigenvalue weighted by atomic mass is 35.5. The quantitative estimate of drug-likeness (QED) is 0.747. The van der Waals surface area contributed by atoms with E-state index in [1.54, 1.807) is 4.90 Å². The summed E-state index contributed by atoms with van der Waals surface area (Å²) in [4.78, 5) is 13.9. The molecule has 0 saturated heterocycles. The molecule has 0 aliphatic rings. The van der Waals surface area contributed by atoms with Gasteiger partial charge in [-0.3, -0.25) is 4.79 Å². The van der Waals surface area contributed by atoms with E-state index in [4.69, 9.17) is 11.6 Å². The zero-order valence-electron chi connectivity index (χ0n) is 11.4. The molecule has 0 atom stereocenters. The Morgan fingerprint density at radius 2 is 1.80 bits per heavy atom. The van der Waals surface area contributed by atoms with Crippen LogP contribution in [0.5, 0.6) is 0 Å². The van der Waals surface area contributed by atoms with Gasteiger partial charge in [-0.1, -0.05) is 0 Å². The van der Waals surface area contributed by atoms with Gasteiger partial charge >= 0.3 is 6.18 Å². The highest BCUT2D eigenvalue weighted by Crippen LogP contribution is 2.29. The zero-order chi connectivity index (χ0) is 15.3. The third-order valence-corrected chi connectivity index (χ3v) is 3.14. The monoisotopic (exact) mass is 307 g/mol. The van der Waals surface area contributed by atoms with Crippen LogP contribution < -0.4 is 0 Å². The predicted octanol–water partition coefficient (Wildman–Crippen LogP) is 4.18. The van der Waals surface area contributed by atoms with E-state index < -0.39 is 11.7 Å². The number of halogens is 4. The van der Waals surface area contributed by atoms with Crippen LogP contribution in [0.15, 0.2) is 24.3 Å². The summed E-state index contributed by atoms with van der Waals surface area (Å²) in [6.45, 7) is 4.20. The molecule has 112 valence electrons. The largest absolute Gasteiger partial charge is 0.416 e. The summed E-state index contributed by atoms with van der Waals surface area (Å²) in [5, 5.41) is 0. The zero-order valence-corrected chi connectivity index (χ0v) is 12.1. The first kappa shape index (κ1) is 16.8. The third-order valence-electron chi connectivity index (χ3n) is 2.88. The van der Waals surface area contributed by atoms with Gasteiger partial charge in [0.2, 0.25) is 0 Å². The van der Waals surface area contributed by atoms with Gasteiger partial charge in [0.25, 0.3) is 5.91 Å². The number of nitrogens with zero attached hydrogens (tertiary/aromatic N) is 1. The molecule has 0 aromatic heterocycles. The molecule has 0 aliphatic heterocycles. The second kappa shape index (κ2) is 6.97. The van der Waals surface area contributed by atoms with Crippen LogP contribution in [0.2, 0.25) is 0 Å². The van der Waals surface area contributed by atoms with Crippen LogP contribution >= 0.6 is 11.6 Å². The lowest BCUT2D eigenvalue weighted by molar-refractivity contribution is -0.137. The first-order valence-corrected chi connectivity index (χ1v) is 6.85. The van der Waals surface area contributed by atoms with E-state index in [1.165, 1.54) is 12.1 Å². The van der Waals surface area contributed by atoms with Crippen molar-refractivity contribution < 1.29 is 18.0 Å². The fraction of sp³-hybridized carbons (Fsp3) is 0.500. The number of hydrogen-bond donors (Lipinski definition) is 0. The first-order valence-electron chi connectivity index (χ1n) is 6.31. The van der Waals surface area contributed by atoms with E-state index in [2.05, 4.69) is 0 Å². The standard InChI is InChI=1S/C14H17ClF3NO/c1-10(2)19(9-3-8-15)13(20)11-4-6-12(7-5-11)14(16,17)18/h4-7,10H,3,8-9H2,1-2H3. The summed E-state index contributed by atoms with van der Waals surface area (Å²) in [6, 6.07) is 4.23. The molecule has 1 aromatic carbocycles. The van der Waals surface area contributed by atoms with Crippen LogP contribution in [0.4, 0.5) is 13.2 Å². The van der Waals surface area contributed by atoms with E-state index in [0.717, 1.165) is 12.1 Å². The van der Waals surface area contributed by atoms with E-state index in [9.17, 15) is 18.0 Å². The van der Waals surface area contributed by atoms with Crippen LogP contribution in [0.1, 0.15) is 36.2 Å². The van der Waals surface area contributed by atoms with Gasteiger partial charge in [-0.15, -0.1) is 11.6 Å². The Morgan fingerprint density at radius 1 is 1.25 bits per heavy atom. The predicted molar refractivity (Wildman–Crippen MR) is 73.0 cm³/mol. The Hall–Kier alpha value is -1.23. The minimum atomic E-state index is -4.39. The summed E-state index contributed by atoms with van der Waals surface area (Å²) < 4.78 is 37.4. The molecule has 20 heavy (non-hydrogen) atoms. The van der Waals surface area contributed by atoms with Crippen LogP contribution in [-0.4, -0.2) is 29.3 Å². The normalized spacial score (nSPS) is 11.8. The van der Waals surface area contributed by atoms with Crippen molar-refractivity contribution in [2.75, 3.05) is 12.4 Å². The van der Waals surface area contributed by atoms with Gasteiger partial charge in [-0.05, 0) is 44.5 Å². The van der Waals surface area contributed by atoms with Gasteiger partial charge in [0.05, 0.1) is 5.56 Å². The SMILES string of the molecule is CC(C)N(CCCCl)C(=O)c1ccc(C(F)(F)F)cc1. The van der Waals surface area contributed by atoms with Gasteiger partial charge < -0.3 is 4.90 Å². The van der Waals surface area contributed by atoms with Crippen molar-refractivity contribution in [1.29, 1.82) is 0 Å². The number of carbonyl (C=O) groups is 1. The fourth-order valence-corrected chi connectivity index (χ4v) is 1.91. The van der Waals surface area contributed by atoms with E-state index >= 15 is 0 Å². The van der Waals surface area contributed by atoms with Gasteiger partial charge in [-0.2, -0.15) is 13.2 Å². The molecule has 1 aromatic rings. The number of amides is 1. The van der Waals surface area contributed by atoms with Crippen LogP contribution in [-0.2, 0) is 6.18 Å². The maximum atomic E-state index is 12.5. The number of rotatable bonds is 5. The van der Waals surface area contributed by atoms with Gasteiger partial charge in [0.15, 0.2) is 0 Å². The molecule has 2 nitrogen and oxygen atoms in total. The molecule has 6 heteroatoms. The topological polar surface area (TPSA) is 20.3 Å². The number of alkyl halides is 4. The van der Waals surface area contributed by atoms with E-state index in [1.807, 2.05) is 13.8 Å². The van der Waals surface area contributed by atoms with Gasteiger partial charge in [0.1, 0.15) is 0 Å². The molecule has 0 unspecified atom stereocenters. The Kier molecular flexibility index (Phi) is 5.87. The van der Waals surface area contributed by atoms with Crippen LogP contribution in [0.3, 0.4) is 0 Å². The molecular weight excluding hydrogens is 291 g/mol. The molecule has 0 N–H and O–H groups in total. The maximum absolute atomic E-state index is 12.5. The molecule has 0 fully saturated rings. The number of hydrogen-bond acceptors (Lipinski definition) is 1. The maximum Gasteiger partial charge on any atom is 0.416 e. The van der Waals surface area contributed by atoms with Crippen molar-refractivity contribution in [3.05, 3.63) is 35.4 Å². The molecule has 0 bridgehead atoms. The lowest BCUT2D eigenvalue weighted by Gasteiger charge is -2.26. The van der Waals surface area contributed by atoms with Crippen molar-refractivity contribution in [1.82, 2.24) is 4.90 Å². The molecule has 0 aliphatic carbocycles. The molecular formula is C14H17ClF3NO. The Bertz CT molecular complexity index is 443. The summed E-state index contributed by atoms with van der Waals surface area (Å²) >= 11 is 5.61. The van der Waals surface area contributed by atoms with Crippen molar-refractivity contribution in [2.24, 2.45) is 0 Å². The third kappa shape index (κ3) is 4.40. The van der Waals surface area contributed by atoms with Gasteiger partial charge in [-0.25, -0.2) is 0 Å². The lowest BCUT2D eigenvalue weighted by Crippen LogP contribution is -2.37.